The lowest BCUT2D eigenvalue weighted by atomic mass is 10.2. The van der Waals surface area contributed by atoms with Crippen molar-refractivity contribution >= 4 is 33.4 Å². The number of benzene rings is 2. The van der Waals surface area contributed by atoms with Gasteiger partial charge in [0.05, 0.1) is 16.6 Å². The van der Waals surface area contributed by atoms with Gasteiger partial charge in [0.25, 0.3) is 0 Å². The van der Waals surface area contributed by atoms with Gasteiger partial charge < -0.3 is 0 Å². The van der Waals surface area contributed by atoms with Crippen LogP contribution >= 0.6 is 0 Å². The summed E-state index contributed by atoms with van der Waals surface area (Å²) in [5.74, 6) is 0.896. The van der Waals surface area contributed by atoms with Crippen molar-refractivity contribution in [3.8, 4) is 0 Å². The number of rotatable bonds is 0. The molecule has 0 spiro atoms. The third-order valence-electron chi connectivity index (χ3n) is 3.79. The molecule has 0 N–H and O–H groups in total. The molecule has 2 aromatic carbocycles. The Kier molecular flexibility index (Phi) is 1.68. The quantitative estimate of drug-likeness (QED) is 0.427. The Morgan fingerprint density at radius 1 is 0.850 bits per heavy atom. The van der Waals surface area contributed by atoms with Crippen LogP contribution in [0.1, 0.15) is 0 Å². The van der Waals surface area contributed by atoms with E-state index in [4.69, 9.17) is 4.98 Å². The lowest BCUT2D eigenvalue weighted by molar-refractivity contribution is 1.13. The largest absolute Gasteiger partial charge is 0.285 e. The number of para-hydroxylation sites is 3. The van der Waals surface area contributed by atoms with Crippen LogP contribution in [-0.4, -0.2) is 18.8 Å². The fourth-order valence-corrected chi connectivity index (χ4v) is 2.93. The van der Waals surface area contributed by atoms with E-state index in [1.165, 1.54) is 0 Å². The molecule has 0 saturated heterocycles. The van der Waals surface area contributed by atoms with Gasteiger partial charge in [-0.3, -0.25) is 8.80 Å². The lowest BCUT2D eigenvalue weighted by Gasteiger charge is -2.05. The zero-order valence-corrected chi connectivity index (χ0v) is 10.6. The molecule has 4 nitrogen and oxygen atoms in total. The highest BCUT2D eigenvalue weighted by atomic mass is 15.2. The Balaban J connectivity index is 2.26. The molecule has 3 heterocycles. The van der Waals surface area contributed by atoms with E-state index in [2.05, 4.69) is 32.0 Å². The minimum absolute atomic E-state index is 0.896. The van der Waals surface area contributed by atoms with Crippen LogP contribution in [0.15, 0.2) is 60.9 Å². The molecule has 5 aromatic rings. The first-order valence-electron chi connectivity index (χ1n) is 6.54. The molecule has 0 radical (unpaired) electrons. The third kappa shape index (κ3) is 1.07. The number of aromatic nitrogens is 4. The summed E-state index contributed by atoms with van der Waals surface area (Å²) in [6.45, 7) is 0. The second kappa shape index (κ2) is 3.36. The van der Waals surface area contributed by atoms with Gasteiger partial charge in [0.15, 0.2) is 0 Å². The molecule has 0 bridgehead atoms. The minimum Gasteiger partial charge on any atom is -0.285 e. The first-order chi connectivity index (χ1) is 9.93. The SMILES string of the molecule is c1ccc2c(c1)nc1c3ccccc3n3ccnc3n21. The summed E-state index contributed by atoms with van der Waals surface area (Å²) in [6.07, 6.45) is 3.82. The monoisotopic (exact) mass is 258 g/mol. The van der Waals surface area contributed by atoms with Gasteiger partial charge in [-0.15, -0.1) is 0 Å². The molecule has 5 rings (SSSR count). The van der Waals surface area contributed by atoms with Crippen molar-refractivity contribution in [2.75, 3.05) is 0 Å². The zero-order chi connectivity index (χ0) is 13.1. The summed E-state index contributed by atoms with van der Waals surface area (Å²) in [5.41, 5.74) is 4.17. The van der Waals surface area contributed by atoms with Gasteiger partial charge in [-0.1, -0.05) is 24.3 Å². The topological polar surface area (TPSA) is 34.6 Å². The van der Waals surface area contributed by atoms with Crippen LogP contribution in [0.4, 0.5) is 0 Å². The van der Waals surface area contributed by atoms with Gasteiger partial charge in [-0.25, -0.2) is 9.97 Å². The summed E-state index contributed by atoms with van der Waals surface area (Å²) in [5, 5.41) is 1.13. The molecule has 20 heavy (non-hydrogen) atoms. The molecule has 0 aliphatic heterocycles. The van der Waals surface area contributed by atoms with Crippen molar-refractivity contribution in [1.29, 1.82) is 0 Å². The van der Waals surface area contributed by atoms with Crippen LogP contribution in [0.25, 0.3) is 33.4 Å². The van der Waals surface area contributed by atoms with E-state index in [0.29, 0.717) is 0 Å². The van der Waals surface area contributed by atoms with Gasteiger partial charge in [-0.05, 0) is 24.3 Å². The summed E-state index contributed by atoms with van der Waals surface area (Å²) in [6, 6.07) is 16.5. The Labute approximate surface area is 113 Å². The van der Waals surface area contributed by atoms with E-state index < -0.39 is 0 Å². The second-order valence-electron chi connectivity index (χ2n) is 4.87. The van der Waals surface area contributed by atoms with Crippen molar-refractivity contribution in [2.45, 2.75) is 0 Å². The summed E-state index contributed by atoms with van der Waals surface area (Å²) >= 11 is 0. The Bertz CT molecular complexity index is 1100. The maximum absolute atomic E-state index is 4.78. The van der Waals surface area contributed by atoms with Crippen LogP contribution in [-0.2, 0) is 0 Å². The van der Waals surface area contributed by atoms with E-state index in [9.17, 15) is 0 Å². The molecule has 94 valence electrons. The average molecular weight is 258 g/mol. The molecule has 0 aliphatic rings. The number of imidazole rings is 2. The summed E-state index contributed by atoms with van der Waals surface area (Å²) in [4.78, 5) is 9.29. The van der Waals surface area contributed by atoms with E-state index in [1.54, 1.807) is 0 Å². The standard InChI is InChI=1S/C16H10N4/c1-3-7-13-11(5-1)15-18-12-6-2-4-8-14(12)20(15)16-17-9-10-19(13)16/h1-10H. The van der Waals surface area contributed by atoms with Crippen molar-refractivity contribution in [3.63, 3.8) is 0 Å². The van der Waals surface area contributed by atoms with Crippen molar-refractivity contribution < 1.29 is 0 Å². The van der Waals surface area contributed by atoms with Crippen molar-refractivity contribution in [2.24, 2.45) is 0 Å². The van der Waals surface area contributed by atoms with Gasteiger partial charge in [-0.2, -0.15) is 0 Å². The maximum Gasteiger partial charge on any atom is 0.220 e. The number of hydrogen-bond acceptors (Lipinski definition) is 2. The average Bonchev–Trinajstić information content (AvgIpc) is 3.11. The van der Waals surface area contributed by atoms with Gasteiger partial charge in [0.2, 0.25) is 5.78 Å². The lowest BCUT2D eigenvalue weighted by Crippen LogP contribution is -1.97. The van der Waals surface area contributed by atoms with Crippen molar-refractivity contribution in [1.82, 2.24) is 18.8 Å². The van der Waals surface area contributed by atoms with E-state index in [-0.39, 0.29) is 0 Å². The van der Waals surface area contributed by atoms with E-state index in [1.807, 2.05) is 42.7 Å². The van der Waals surface area contributed by atoms with Crippen LogP contribution in [0, 0.1) is 0 Å². The molecular weight excluding hydrogens is 248 g/mol. The second-order valence-corrected chi connectivity index (χ2v) is 4.87. The highest BCUT2D eigenvalue weighted by molar-refractivity contribution is 5.98. The minimum atomic E-state index is 0.896. The van der Waals surface area contributed by atoms with Crippen molar-refractivity contribution in [3.05, 3.63) is 60.9 Å². The highest BCUT2D eigenvalue weighted by Crippen LogP contribution is 2.26. The molecule has 3 aromatic heterocycles. The summed E-state index contributed by atoms with van der Waals surface area (Å²) in [7, 11) is 0. The zero-order valence-electron chi connectivity index (χ0n) is 10.6. The van der Waals surface area contributed by atoms with Gasteiger partial charge in [0, 0.05) is 17.8 Å². The third-order valence-corrected chi connectivity index (χ3v) is 3.79. The molecule has 0 fully saturated rings. The predicted octanol–water partition coefficient (Wildman–Crippen LogP) is 3.29. The first-order valence-corrected chi connectivity index (χ1v) is 6.54. The molecule has 0 amide bonds. The van der Waals surface area contributed by atoms with Crippen LogP contribution < -0.4 is 0 Å². The molecular formula is C16H10N4. The Morgan fingerprint density at radius 3 is 2.60 bits per heavy atom. The fraction of sp³-hybridized carbons (Fsp3) is 0. The fourth-order valence-electron chi connectivity index (χ4n) is 2.93. The molecule has 0 aliphatic carbocycles. The number of hydrogen-bond donors (Lipinski definition) is 0. The Morgan fingerprint density at radius 2 is 1.65 bits per heavy atom. The molecule has 4 heteroatoms. The van der Waals surface area contributed by atoms with Crippen LogP contribution in [0.3, 0.4) is 0 Å². The molecule has 0 saturated carbocycles. The van der Waals surface area contributed by atoms with Gasteiger partial charge >= 0.3 is 0 Å². The number of nitrogens with zero attached hydrogens (tertiary/aromatic N) is 4. The van der Waals surface area contributed by atoms with E-state index in [0.717, 1.165) is 33.4 Å². The molecule has 0 atom stereocenters. The first kappa shape index (κ1) is 9.97. The normalized spacial score (nSPS) is 12.0. The smallest absolute Gasteiger partial charge is 0.220 e. The van der Waals surface area contributed by atoms with E-state index >= 15 is 0 Å². The number of fused-ring (bicyclic) bond motifs is 8. The maximum atomic E-state index is 4.78. The highest BCUT2D eigenvalue weighted by Gasteiger charge is 2.13. The Hall–Kier alpha value is -2.88. The predicted molar refractivity (Wildman–Crippen MR) is 79.0 cm³/mol. The van der Waals surface area contributed by atoms with Crippen LogP contribution in [0.5, 0.6) is 0 Å². The van der Waals surface area contributed by atoms with Gasteiger partial charge in [0.1, 0.15) is 5.65 Å². The summed E-state index contributed by atoms with van der Waals surface area (Å²) < 4.78 is 4.23. The van der Waals surface area contributed by atoms with Crippen LogP contribution in [0.2, 0.25) is 0 Å². The molecule has 0 unspecified atom stereocenters.